The Morgan fingerprint density at radius 2 is 1.78 bits per heavy atom. The van der Waals surface area contributed by atoms with Crippen LogP contribution in [0.3, 0.4) is 0 Å². The second-order valence-electron chi connectivity index (χ2n) is 6.96. The van der Waals surface area contributed by atoms with Gasteiger partial charge in [-0.2, -0.15) is 0 Å². The van der Waals surface area contributed by atoms with Gasteiger partial charge in [0.2, 0.25) is 0 Å². The zero-order valence-corrected chi connectivity index (χ0v) is 15.8. The van der Waals surface area contributed by atoms with E-state index in [9.17, 15) is 9.59 Å². The van der Waals surface area contributed by atoms with E-state index in [4.69, 9.17) is 4.42 Å². The SMILES string of the molecule is Cc1ccc2oc(C(=O)NCc3ccc4c(c3)n(C)c(=O)n4C)c(C)c2c1. The van der Waals surface area contributed by atoms with E-state index in [1.54, 1.807) is 23.2 Å². The fourth-order valence-corrected chi connectivity index (χ4v) is 3.48. The van der Waals surface area contributed by atoms with Crippen molar-refractivity contribution in [2.45, 2.75) is 20.4 Å². The van der Waals surface area contributed by atoms with Gasteiger partial charge in [-0.3, -0.25) is 13.9 Å². The standard InChI is InChI=1S/C21H21N3O3/c1-12-5-8-18-15(9-12)13(2)19(27-18)20(25)22-11-14-6-7-16-17(10-14)24(4)21(26)23(16)3/h5-10H,11H2,1-4H3,(H,22,25). The third kappa shape index (κ3) is 2.73. The molecule has 6 nitrogen and oxygen atoms in total. The van der Waals surface area contributed by atoms with Gasteiger partial charge < -0.3 is 9.73 Å². The van der Waals surface area contributed by atoms with Crippen LogP contribution in [-0.2, 0) is 20.6 Å². The molecule has 0 aliphatic carbocycles. The van der Waals surface area contributed by atoms with Crippen molar-refractivity contribution in [3.05, 3.63) is 69.3 Å². The predicted molar refractivity (Wildman–Crippen MR) is 105 cm³/mol. The molecule has 2 heterocycles. The molecule has 0 aliphatic rings. The molecule has 1 N–H and O–H groups in total. The van der Waals surface area contributed by atoms with Crippen molar-refractivity contribution >= 4 is 27.9 Å². The van der Waals surface area contributed by atoms with Crippen molar-refractivity contribution < 1.29 is 9.21 Å². The van der Waals surface area contributed by atoms with Crippen LogP contribution in [0.4, 0.5) is 0 Å². The van der Waals surface area contributed by atoms with Crippen LogP contribution in [0.1, 0.15) is 27.2 Å². The fraction of sp³-hybridized carbons (Fsp3) is 0.238. The van der Waals surface area contributed by atoms with Crippen molar-refractivity contribution in [3.8, 4) is 0 Å². The van der Waals surface area contributed by atoms with E-state index in [2.05, 4.69) is 5.32 Å². The van der Waals surface area contributed by atoms with Gasteiger partial charge in [0.25, 0.3) is 5.91 Å². The summed E-state index contributed by atoms with van der Waals surface area (Å²) in [5.41, 5.74) is 5.22. The van der Waals surface area contributed by atoms with Gasteiger partial charge >= 0.3 is 5.69 Å². The number of hydrogen-bond donors (Lipinski definition) is 1. The highest BCUT2D eigenvalue weighted by Crippen LogP contribution is 2.26. The molecule has 6 heteroatoms. The highest BCUT2D eigenvalue weighted by molar-refractivity contribution is 5.99. The molecule has 0 fully saturated rings. The lowest BCUT2D eigenvalue weighted by Gasteiger charge is -2.05. The highest BCUT2D eigenvalue weighted by Gasteiger charge is 2.17. The Balaban J connectivity index is 1.59. The smallest absolute Gasteiger partial charge is 0.328 e. The molecule has 0 saturated carbocycles. The van der Waals surface area contributed by atoms with Crippen molar-refractivity contribution in [2.24, 2.45) is 14.1 Å². The van der Waals surface area contributed by atoms with Crippen molar-refractivity contribution in [2.75, 3.05) is 0 Å². The quantitative estimate of drug-likeness (QED) is 0.608. The number of fused-ring (bicyclic) bond motifs is 2. The molecule has 0 aliphatic heterocycles. The first-order valence-electron chi connectivity index (χ1n) is 8.79. The number of hydrogen-bond acceptors (Lipinski definition) is 3. The van der Waals surface area contributed by atoms with E-state index < -0.39 is 0 Å². The van der Waals surface area contributed by atoms with Crippen molar-refractivity contribution in [1.29, 1.82) is 0 Å². The van der Waals surface area contributed by atoms with E-state index in [0.29, 0.717) is 17.9 Å². The Bertz CT molecular complexity index is 1260. The summed E-state index contributed by atoms with van der Waals surface area (Å²) >= 11 is 0. The average Bonchev–Trinajstić information content (AvgIpc) is 3.10. The van der Waals surface area contributed by atoms with Crippen LogP contribution >= 0.6 is 0 Å². The van der Waals surface area contributed by atoms with Crippen LogP contribution in [0, 0.1) is 13.8 Å². The number of benzene rings is 2. The maximum absolute atomic E-state index is 12.6. The Morgan fingerprint density at radius 1 is 1.04 bits per heavy atom. The van der Waals surface area contributed by atoms with Crippen LogP contribution in [0.2, 0.25) is 0 Å². The Labute approximate surface area is 156 Å². The zero-order valence-electron chi connectivity index (χ0n) is 15.8. The largest absolute Gasteiger partial charge is 0.451 e. The van der Waals surface area contributed by atoms with E-state index in [1.165, 1.54) is 0 Å². The minimum atomic E-state index is -0.247. The Kier molecular flexibility index (Phi) is 3.91. The molecule has 2 aromatic heterocycles. The van der Waals surface area contributed by atoms with E-state index in [0.717, 1.165) is 33.1 Å². The average molecular weight is 363 g/mol. The number of nitrogens with one attached hydrogen (secondary N) is 1. The van der Waals surface area contributed by atoms with E-state index >= 15 is 0 Å². The number of rotatable bonds is 3. The van der Waals surface area contributed by atoms with Gasteiger partial charge in [0, 0.05) is 31.6 Å². The van der Waals surface area contributed by atoms with E-state index in [1.807, 2.05) is 50.2 Å². The molecule has 0 bridgehead atoms. The summed E-state index contributed by atoms with van der Waals surface area (Å²) in [6.07, 6.45) is 0. The minimum Gasteiger partial charge on any atom is -0.451 e. The van der Waals surface area contributed by atoms with Gasteiger partial charge in [-0.1, -0.05) is 17.7 Å². The Morgan fingerprint density at radius 3 is 2.56 bits per heavy atom. The number of amides is 1. The zero-order chi connectivity index (χ0) is 19.3. The molecule has 4 rings (SSSR count). The molecule has 4 aromatic rings. The second kappa shape index (κ2) is 6.16. The summed E-state index contributed by atoms with van der Waals surface area (Å²) in [6.45, 7) is 4.26. The molecule has 0 saturated heterocycles. The summed E-state index contributed by atoms with van der Waals surface area (Å²) < 4.78 is 8.96. The number of nitrogens with zero attached hydrogens (tertiary/aromatic N) is 2. The topological polar surface area (TPSA) is 69.2 Å². The first kappa shape index (κ1) is 17.1. The number of carbonyl (C=O) groups excluding carboxylic acids is 1. The summed E-state index contributed by atoms with van der Waals surface area (Å²) in [5, 5.41) is 3.87. The molecular weight excluding hydrogens is 342 g/mol. The number of furan rings is 1. The summed E-state index contributed by atoms with van der Waals surface area (Å²) in [5.74, 6) is 0.0900. The van der Waals surface area contributed by atoms with Crippen molar-refractivity contribution in [3.63, 3.8) is 0 Å². The summed E-state index contributed by atoms with van der Waals surface area (Å²) in [4.78, 5) is 24.7. The predicted octanol–water partition coefficient (Wildman–Crippen LogP) is 3.17. The van der Waals surface area contributed by atoms with Crippen LogP contribution in [0.5, 0.6) is 0 Å². The lowest BCUT2D eigenvalue weighted by atomic mass is 10.1. The van der Waals surface area contributed by atoms with Crippen LogP contribution < -0.4 is 11.0 Å². The van der Waals surface area contributed by atoms with Crippen LogP contribution in [0.25, 0.3) is 22.0 Å². The summed E-state index contributed by atoms with van der Waals surface area (Å²) in [6, 6.07) is 11.6. The monoisotopic (exact) mass is 363 g/mol. The molecule has 0 unspecified atom stereocenters. The number of carbonyl (C=O) groups is 1. The molecular formula is C21H21N3O3. The fourth-order valence-electron chi connectivity index (χ4n) is 3.48. The molecule has 0 atom stereocenters. The molecule has 1 amide bonds. The third-order valence-corrected chi connectivity index (χ3v) is 5.09. The van der Waals surface area contributed by atoms with Gasteiger partial charge in [0.05, 0.1) is 11.0 Å². The first-order chi connectivity index (χ1) is 12.9. The lowest BCUT2D eigenvalue weighted by molar-refractivity contribution is 0.0924. The van der Waals surface area contributed by atoms with Gasteiger partial charge in [0.1, 0.15) is 5.58 Å². The molecule has 138 valence electrons. The van der Waals surface area contributed by atoms with Gasteiger partial charge in [-0.15, -0.1) is 0 Å². The molecule has 0 spiro atoms. The molecule has 27 heavy (non-hydrogen) atoms. The molecule has 0 radical (unpaired) electrons. The maximum Gasteiger partial charge on any atom is 0.328 e. The lowest BCUT2D eigenvalue weighted by Crippen LogP contribution is -2.23. The van der Waals surface area contributed by atoms with Crippen LogP contribution in [0.15, 0.2) is 45.6 Å². The minimum absolute atomic E-state index is 0.0700. The van der Waals surface area contributed by atoms with Gasteiger partial charge in [-0.25, -0.2) is 4.79 Å². The first-order valence-corrected chi connectivity index (χ1v) is 8.79. The number of aryl methyl sites for hydroxylation is 4. The Hall–Kier alpha value is -3.28. The van der Waals surface area contributed by atoms with Gasteiger partial charge in [-0.05, 0) is 43.7 Å². The second-order valence-corrected chi connectivity index (χ2v) is 6.96. The summed E-state index contributed by atoms with van der Waals surface area (Å²) in [7, 11) is 3.49. The van der Waals surface area contributed by atoms with Gasteiger partial charge in [0.15, 0.2) is 5.76 Å². The third-order valence-electron chi connectivity index (χ3n) is 5.09. The number of aromatic nitrogens is 2. The highest BCUT2D eigenvalue weighted by atomic mass is 16.3. The number of imidazole rings is 1. The van der Waals surface area contributed by atoms with E-state index in [-0.39, 0.29) is 11.6 Å². The maximum atomic E-state index is 12.6. The molecule has 2 aromatic carbocycles. The normalized spacial score (nSPS) is 11.4. The van der Waals surface area contributed by atoms with Crippen molar-refractivity contribution in [1.82, 2.24) is 14.5 Å². The van der Waals surface area contributed by atoms with Crippen LogP contribution in [-0.4, -0.2) is 15.0 Å².